The minimum absolute atomic E-state index is 0.0258. The zero-order valence-electron chi connectivity index (χ0n) is 14.9. The Morgan fingerprint density at radius 2 is 1.96 bits per heavy atom. The van der Waals surface area contributed by atoms with Crippen molar-refractivity contribution in [3.63, 3.8) is 0 Å². The van der Waals surface area contributed by atoms with E-state index in [9.17, 15) is 14.7 Å². The predicted molar refractivity (Wildman–Crippen MR) is 94.2 cm³/mol. The highest BCUT2D eigenvalue weighted by molar-refractivity contribution is 5.89. The molecule has 136 valence electrons. The number of hydrogen-bond donors (Lipinski definition) is 1. The van der Waals surface area contributed by atoms with Crippen LogP contribution in [0.2, 0.25) is 0 Å². The molecule has 0 bridgehead atoms. The number of nitrogens with zero attached hydrogens (tertiary/aromatic N) is 1. The molecule has 0 aliphatic carbocycles. The lowest BCUT2D eigenvalue weighted by Gasteiger charge is -2.34. The SMILES string of the molecule is COc1cc(/C=C/C(=O)OCC(=O)N2C[C@H](C)C[C@H](C)C2)ccc1O. The molecule has 1 N–H and O–H groups in total. The van der Waals surface area contributed by atoms with Gasteiger partial charge in [0.2, 0.25) is 0 Å². The van der Waals surface area contributed by atoms with E-state index in [0.29, 0.717) is 36.2 Å². The van der Waals surface area contributed by atoms with E-state index in [4.69, 9.17) is 9.47 Å². The van der Waals surface area contributed by atoms with Crippen LogP contribution in [0.15, 0.2) is 24.3 Å². The van der Waals surface area contributed by atoms with E-state index >= 15 is 0 Å². The lowest BCUT2D eigenvalue weighted by molar-refractivity contribution is -0.149. The molecule has 1 heterocycles. The van der Waals surface area contributed by atoms with Crippen molar-refractivity contribution in [1.82, 2.24) is 4.90 Å². The molecule has 0 radical (unpaired) electrons. The molecule has 1 fully saturated rings. The number of methoxy groups -OCH3 is 1. The number of hydrogen-bond acceptors (Lipinski definition) is 5. The highest BCUT2D eigenvalue weighted by Gasteiger charge is 2.25. The number of rotatable bonds is 5. The van der Waals surface area contributed by atoms with E-state index in [1.165, 1.54) is 19.3 Å². The monoisotopic (exact) mass is 347 g/mol. The molecule has 0 aromatic heterocycles. The molecule has 1 aromatic carbocycles. The second-order valence-corrected chi connectivity index (χ2v) is 6.62. The molecular formula is C19H25NO5. The Kier molecular flexibility index (Phi) is 6.44. The maximum absolute atomic E-state index is 12.2. The van der Waals surface area contributed by atoms with Crippen LogP contribution in [0.25, 0.3) is 6.08 Å². The largest absolute Gasteiger partial charge is 0.504 e. The third-order valence-corrected chi connectivity index (χ3v) is 4.18. The quantitative estimate of drug-likeness (QED) is 0.654. The molecule has 1 aliphatic heterocycles. The average molecular weight is 347 g/mol. The highest BCUT2D eigenvalue weighted by Crippen LogP contribution is 2.26. The van der Waals surface area contributed by atoms with Crippen molar-refractivity contribution in [3.05, 3.63) is 29.8 Å². The van der Waals surface area contributed by atoms with Crippen molar-refractivity contribution in [1.29, 1.82) is 0 Å². The van der Waals surface area contributed by atoms with Crippen LogP contribution in [0.1, 0.15) is 25.8 Å². The Labute approximate surface area is 148 Å². The first-order valence-electron chi connectivity index (χ1n) is 8.38. The number of likely N-dealkylation sites (tertiary alicyclic amines) is 1. The Hall–Kier alpha value is -2.50. The Balaban J connectivity index is 1.85. The highest BCUT2D eigenvalue weighted by atomic mass is 16.5. The third kappa shape index (κ3) is 5.52. The van der Waals surface area contributed by atoms with Crippen molar-refractivity contribution < 1.29 is 24.2 Å². The fourth-order valence-corrected chi connectivity index (χ4v) is 3.10. The Morgan fingerprint density at radius 3 is 2.60 bits per heavy atom. The van der Waals surface area contributed by atoms with Gasteiger partial charge in [-0.15, -0.1) is 0 Å². The van der Waals surface area contributed by atoms with Gasteiger partial charge in [0.05, 0.1) is 7.11 Å². The van der Waals surface area contributed by atoms with Crippen molar-refractivity contribution in [2.45, 2.75) is 20.3 Å². The number of phenolic OH excluding ortho intramolecular Hbond substituents is 1. The number of phenols is 1. The fraction of sp³-hybridized carbons (Fsp3) is 0.474. The van der Waals surface area contributed by atoms with E-state index in [-0.39, 0.29) is 18.3 Å². The van der Waals surface area contributed by atoms with Gasteiger partial charge in [-0.25, -0.2) is 4.79 Å². The van der Waals surface area contributed by atoms with Gasteiger partial charge in [0, 0.05) is 19.2 Å². The summed E-state index contributed by atoms with van der Waals surface area (Å²) < 4.78 is 10.0. The van der Waals surface area contributed by atoms with Crippen LogP contribution < -0.4 is 4.74 Å². The van der Waals surface area contributed by atoms with Gasteiger partial charge in [-0.3, -0.25) is 4.79 Å². The zero-order valence-corrected chi connectivity index (χ0v) is 14.9. The van der Waals surface area contributed by atoms with Gasteiger partial charge in [0.15, 0.2) is 18.1 Å². The summed E-state index contributed by atoms with van der Waals surface area (Å²) in [6.07, 6.45) is 3.91. The van der Waals surface area contributed by atoms with E-state index in [1.54, 1.807) is 23.1 Å². The predicted octanol–water partition coefficient (Wildman–Crippen LogP) is 2.46. The van der Waals surface area contributed by atoms with Gasteiger partial charge in [-0.2, -0.15) is 0 Å². The first-order valence-corrected chi connectivity index (χ1v) is 8.38. The minimum Gasteiger partial charge on any atom is -0.504 e. The van der Waals surface area contributed by atoms with Crippen LogP contribution in [-0.4, -0.2) is 48.7 Å². The number of amides is 1. The zero-order chi connectivity index (χ0) is 18.4. The molecule has 1 amide bonds. The number of esters is 1. The second-order valence-electron chi connectivity index (χ2n) is 6.62. The topological polar surface area (TPSA) is 76.1 Å². The van der Waals surface area contributed by atoms with Gasteiger partial charge in [0.25, 0.3) is 5.91 Å². The molecule has 1 saturated heterocycles. The smallest absolute Gasteiger partial charge is 0.331 e. The maximum atomic E-state index is 12.2. The maximum Gasteiger partial charge on any atom is 0.331 e. The normalized spacial score (nSPS) is 20.5. The van der Waals surface area contributed by atoms with Crippen LogP contribution in [0.3, 0.4) is 0 Å². The molecule has 6 nitrogen and oxygen atoms in total. The summed E-state index contributed by atoms with van der Waals surface area (Å²) in [6.45, 7) is 5.42. The summed E-state index contributed by atoms with van der Waals surface area (Å²) >= 11 is 0. The molecule has 6 heteroatoms. The number of aromatic hydroxyl groups is 1. The van der Waals surface area contributed by atoms with Crippen molar-refractivity contribution in [2.24, 2.45) is 11.8 Å². The summed E-state index contributed by atoms with van der Waals surface area (Å²) in [4.78, 5) is 25.7. The number of carbonyl (C=O) groups excluding carboxylic acids is 2. The average Bonchev–Trinajstić information content (AvgIpc) is 2.58. The van der Waals surface area contributed by atoms with Crippen LogP contribution in [0.4, 0.5) is 0 Å². The number of carbonyl (C=O) groups is 2. The lowest BCUT2D eigenvalue weighted by Crippen LogP contribution is -2.44. The molecule has 2 atom stereocenters. The lowest BCUT2D eigenvalue weighted by atomic mass is 9.92. The van der Waals surface area contributed by atoms with Gasteiger partial charge in [-0.1, -0.05) is 19.9 Å². The van der Waals surface area contributed by atoms with E-state index < -0.39 is 5.97 Å². The first kappa shape index (κ1) is 18.8. The fourth-order valence-electron chi connectivity index (χ4n) is 3.10. The molecule has 1 aromatic rings. The summed E-state index contributed by atoms with van der Waals surface area (Å²) in [5, 5.41) is 9.54. The van der Waals surface area contributed by atoms with Gasteiger partial charge >= 0.3 is 5.97 Å². The van der Waals surface area contributed by atoms with Crippen molar-refractivity contribution in [2.75, 3.05) is 26.8 Å². The molecular weight excluding hydrogens is 322 g/mol. The summed E-state index contributed by atoms with van der Waals surface area (Å²) in [6, 6.07) is 4.72. The molecule has 25 heavy (non-hydrogen) atoms. The second kappa shape index (κ2) is 8.55. The van der Waals surface area contributed by atoms with Crippen LogP contribution in [0.5, 0.6) is 11.5 Å². The molecule has 1 aliphatic rings. The van der Waals surface area contributed by atoms with Gasteiger partial charge < -0.3 is 19.5 Å². The van der Waals surface area contributed by atoms with Gasteiger partial charge in [-0.05, 0) is 42.0 Å². The Bertz CT molecular complexity index is 645. The molecule has 0 saturated carbocycles. The number of ether oxygens (including phenoxy) is 2. The minimum atomic E-state index is -0.585. The van der Waals surface area contributed by atoms with Crippen LogP contribution in [-0.2, 0) is 14.3 Å². The first-order chi connectivity index (χ1) is 11.9. The number of benzene rings is 1. The Morgan fingerprint density at radius 1 is 1.28 bits per heavy atom. The van der Waals surface area contributed by atoms with Crippen LogP contribution in [0, 0.1) is 11.8 Å². The van der Waals surface area contributed by atoms with E-state index in [0.717, 1.165) is 6.42 Å². The summed E-state index contributed by atoms with van der Waals surface area (Å²) in [7, 11) is 1.45. The van der Waals surface area contributed by atoms with Crippen molar-refractivity contribution >= 4 is 18.0 Å². The van der Waals surface area contributed by atoms with Crippen LogP contribution >= 0.6 is 0 Å². The van der Waals surface area contributed by atoms with Gasteiger partial charge in [0.1, 0.15) is 0 Å². The van der Waals surface area contributed by atoms with Crippen molar-refractivity contribution in [3.8, 4) is 11.5 Å². The molecule has 2 rings (SSSR count). The summed E-state index contributed by atoms with van der Waals surface area (Å²) in [5.74, 6) is 0.530. The number of piperidine rings is 1. The van der Waals surface area contributed by atoms with E-state index in [1.807, 2.05) is 0 Å². The molecule has 0 spiro atoms. The third-order valence-electron chi connectivity index (χ3n) is 4.18. The summed E-state index contributed by atoms with van der Waals surface area (Å²) in [5.41, 5.74) is 0.677. The van der Waals surface area contributed by atoms with E-state index in [2.05, 4.69) is 13.8 Å². The standard InChI is InChI=1S/C19H25NO5/c1-13-8-14(2)11-20(10-13)18(22)12-25-19(23)7-5-15-4-6-16(21)17(9-15)24-3/h4-7,9,13-14,21H,8,10-12H2,1-3H3/b7-5+/t13-,14+. The molecule has 0 unspecified atom stereocenters.